The van der Waals surface area contributed by atoms with E-state index in [1.165, 1.54) is 18.4 Å². The van der Waals surface area contributed by atoms with Crippen LogP contribution in [0.2, 0.25) is 0 Å². The summed E-state index contributed by atoms with van der Waals surface area (Å²) in [5, 5.41) is 8.98. The van der Waals surface area contributed by atoms with Crippen LogP contribution in [0.5, 0.6) is 5.75 Å². The molecule has 0 heterocycles. The Balaban J connectivity index is 0.000000362. The van der Waals surface area contributed by atoms with Crippen LogP contribution >= 0.6 is 8.25 Å². The molecule has 0 aromatic heterocycles. The Bertz CT molecular complexity index is 330. The lowest BCUT2D eigenvalue weighted by Crippen LogP contribution is -1.82. The molecule has 0 radical (unpaired) electrons. The van der Waals surface area contributed by atoms with Gasteiger partial charge in [0.2, 0.25) is 0 Å². The van der Waals surface area contributed by atoms with Gasteiger partial charge in [0.05, 0.1) is 0 Å². The Kier molecular flexibility index (Phi) is 11.5. The molecule has 19 heavy (non-hydrogen) atoms. The summed E-state index contributed by atoms with van der Waals surface area (Å²) in [5.41, 5.74) is 1.31. The maximum absolute atomic E-state index is 10.3. The normalized spacial score (nSPS) is 9.63. The smallest absolute Gasteiger partial charge is 0.508 e. The van der Waals surface area contributed by atoms with E-state index >= 15 is 0 Å². The summed E-state index contributed by atoms with van der Waals surface area (Å²) in [5.74, 6) is 0.352. The lowest BCUT2D eigenvalue weighted by Gasteiger charge is -1.98. The number of phenolic OH excluding ortho intramolecular Hbond substituents is 1. The summed E-state index contributed by atoms with van der Waals surface area (Å²) in [7, 11) is -1.83. The fraction of sp³-hybridized carbons (Fsp3) is 0.571. The molecule has 0 aliphatic heterocycles. The number of aromatic hydroxyl groups is 1. The average molecular weight is 287 g/mol. The van der Waals surface area contributed by atoms with Gasteiger partial charge in [0, 0.05) is 4.57 Å². The predicted molar refractivity (Wildman–Crippen MR) is 77.6 cm³/mol. The van der Waals surface area contributed by atoms with Gasteiger partial charge in [-0.2, -0.15) is 0 Å². The number of unbranched alkanes of at least 4 members (excludes halogenated alkanes) is 1. The van der Waals surface area contributed by atoms with Gasteiger partial charge in [0.25, 0.3) is 0 Å². The Morgan fingerprint density at radius 2 is 1.58 bits per heavy atom. The first-order valence-corrected chi connectivity index (χ1v) is 7.74. The number of hydrogen-bond acceptors (Lipinski definition) is 4. The quantitative estimate of drug-likeness (QED) is 0.753. The van der Waals surface area contributed by atoms with Crippen LogP contribution in [0.4, 0.5) is 0 Å². The van der Waals surface area contributed by atoms with E-state index in [-0.39, 0.29) is 0 Å². The van der Waals surface area contributed by atoms with Crippen LogP contribution in [0.15, 0.2) is 24.3 Å². The van der Waals surface area contributed by atoms with Crippen LogP contribution in [-0.4, -0.2) is 18.3 Å². The Hall–Kier alpha value is -0.960. The van der Waals surface area contributed by atoms with Gasteiger partial charge in [-0.05, 0) is 44.4 Å². The SMILES string of the molecule is CCCCc1ccc(O)cc1.CCO[P+](=O)OCC. The van der Waals surface area contributed by atoms with Gasteiger partial charge in [-0.25, -0.2) is 0 Å². The molecule has 0 atom stereocenters. The van der Waals surface area contributed by atoms with Crippen molar-refractivity contribution in [1.29, 1.82) is 0 Å². The van der Waals surface area contributed by atoms with E-state index < -0.39 is 8.25 Å². The highest BCUT2D eigenvalue weighted by molar-refractivity contribution is 7.33. The standard InChI is InChI=1S/C10H14O.C4H10O3P/c1-2-3-4-9-5-7-10(11)8-6-9;1-3-6-8(5)7-4-2/h5-8,11H,2-4H2,1H3;3-4H2,1-2H3/q;+1. The van der Waals surface area contributed by atoms with Gasteiger partial charge >= 0.3 is 8.25 Å². The van der Waals surface area contributed by atoms with E-state index in [1.54, 1.807) is 26.0 Å². The molecule has 1 N–H and O–H groups in total. The summed E-state index contributed by atoms with van der Waals surface area (Å²) < 4.78 is 19.5. The molecule has 0 fully saturated rings. The minimum absolute atomic E-state index is 0.352. The molecule has 1 aromatic carbocycles. The Morgan fingerprint density at radius 3 is 2.00 bits per heavy atom. The molecule has 5 heteroatoms. The molecule has 0 spiro atoms. The van der Waals surface area contributed by atoms with Crippen LogP contribution in [0.3, 0.4) is 0 Å². The summed E-state index contributed by atoms with van der Waals surface area (Å²) >= 11 is 0. The third-order valence-corrected chi connectivity index (χ3v) is 3.16. The van der Waals surface area contributed by atoms with Crippen molar-refractivity contribution in [2.75, 3.05) is 13.2 Å². The first-order chi connectivity index (χ1) is 9.13. The fourth-order valence-electron chi connectivity index (χ4n) is 1.29. The second-order valence-electron chi connectivity index (χ2n) is 3.83. The van der Waals surface area contributed by atoms with Crippen LogP contribution in [0.25, 0.3) is 0 Å². The van der Waals surface area contributed by atoms with Crippen molar-refractivity contribution in [3.05, 3.63) is 29.8 Å². The van der Waals surface area contributed by atoms with Gasteiger partial charge in [-0.3, -0.25) is 0 Å². The molecule has 0 bridgehead atoms. The lowest BCUT2D eigenvalue weighted by molar-refractivity contribution is 0.243. The summed E-state index contributed by atoms with van der Waals surface area (Å²) in [4.78, 5) is 0. The van der Waals surface area contributed by atoms with Gasteiger partial charge in [0.1, 0.15) is 19.0 Å². The van der Waals surface area contributed by atoms with Crippen molar-refractivity contribution in [2.45, 2.75) is 40.0 Å². The van der Waals surface area contributed by atoms with E-state index in [1.807, 2.05) is 12.1 Å². The minimum atomic E-state index is -1.83. The van der Waals surface area contributed by atoms with E-state index in [0.29, 0.717) is 19.0 Å². The number of hydrogen-bond donors (Lipinski definition) is 1. The summed E-state index contributed by atoms with van der Waals surface area (Å²) in [6.07, 6.45) is 3.57. The highest BCUT2D eigenvalue weighted by Crippen LogP contribution is 2.21. The van der Waals surface area contributed by atoms with E-state index in [0.717, 1.165) is 6.42 Å². The van der Waals surface area contributed by atoms with E-state index in [9.17, 15) is 4.57 Å². The second-order valence-corrected chi connectivity index (χ2v) is 4.79. The first kappa shape index (κ1) is 18.0. The minimum Gasteiger partial charge on any atom is -0.508 e. The topological polar surface area (TPSA) is 55.8 Å². The van der Waals surface area contributed by atoms with Crippen molar-refractivity contribution >= 4 is 8.25 Å². The molecule has 0 aliphatic carbocycles. The zero-order valence-electron chi connectivity index (χ0n) is 12.0. The summed E-state index contributed by atoms with van der Waals surface area (Å²) in [6, 6.07) is 7.44. The maximum Gasteiger partial charge on any atom is 0.697 e. The van der Waals surface area contributed by atoms with Crippen LogP contribution in [0.1, 0.15) is 39.2 Å². The van der Waals surface area contributed by atoms with Gasteiger partial charge in [0.15, 0.2) is 0 Å². The molecule has 4 nitrogen and oxygen atoms in total. The highest BCUT2D eigenvalue weighted by atomic mass is 31.1. The third-order valence-electron chi connectivity index (χ3n) is 2.22. The molecular weight excluding hydrogens is 263 g/mol. The number of phenols is 1. The van der Waals surface area contributed by atoms with Crippen molar-refractivity contribution in [2.24, 2.45) is 0 Å². The van der Waals surface area contributed by atoms with Crippen molar-refractivity contribution in [1.82, 2.24) is 0 Å². The Labute approximate surface area is 116 Å². The van der Waals surface area contributed by atoms with Crippen LogP contribution < -0.4 is 0 Å². The van der Waals surface area contributed by atoms with Crippen LogP contribution in [-0.2, 0) is 20.0 Å². The second kappa shape index (κ2) is 12.1. The third kappa shape index (κ3) is 10.6. The molecule has 108 valence electrons. The molecule has 1 aromatic rings. The molecule has 0 saturated heterocycles. The predicted octanol–water partition coefficient (Wildman–Crippen LogP) is 4.45. The van der Waals surface area contributed by atoms with E-state index in [2.05, 4.69) is 16.0 Å². The lowest BCUT2D eigenvalue weighted by atomic mass is 10.1. The Morgan fingerprint density at radius 1 is 1.05 bits per heavy atom. The molecule has 0 amide bonds. The highest BCUT2D eigenvalue weighted by Gasteiger charge is 2.15. The fourth-order valence-corrected chi connectivity index (χ4v) is 1.79. The first-order valence-electron chi connectivity index (χ1n) is 6.64. The van der Waals surface area contributed by atoms with Crippen LogP contribution in [0, 0.1) is 0 Å². The van der Waals surface area contributed by atoms with Gasteiger partial charge in [-0.15, -0.1) is 9.05 Å². The molecular formula is C14H24O4P+. The van der Waals surface area contributed by atoms with Gasteiger partial charge < -0.3 is 5.11 Å². The molecule has 0 saturated carbocycles. The van der Waals surface area contributed by atoms with Crippen molar-refractivity contribution in [3.8, 4) is 5.75 Å². The maximum atomic E-state index is 10.3. The number of benzene rings is 1. The number of rotatable bonds is 7. The molecule has 1 rings (SSSR count). The largest absolute Gasteiger partial charge is 0.697 e. The monoisotopic (exact) mass is 287 g/mol. The van der Waals surface area contributed by atoms with Crippen molar-refractivity contribution < 1.29 is 18.7 Å². The number of aryl methyl sites for hydroxylation is 1. The van der Waals surface area contributed by atoms with Gasteiger partial charge in [-0.1, -0.05) is 25.5 Å². The zero-order valence-corrected chi connectivity index (χ0v) is 12.9. The molecule has 0 unspecified atom stereocenters. The van der Waals surface area contributed by atoms with E-state index in [4.69, 9.17) is 5.11 Å². The van der Waals surface area contributed by atoms with Crippen molar-refractivity contribution in [3.63, 3.8) is 0 Å². The zero-order chi connectivity index (χ0) is 14.5. The molecule has 0 aliphatic rings. The summed E-state index contributed by atoms with van der Waals surface area (Å²) in [6.45, 7) is 6.60. The average Bonchev–Trinajstić information content (AvgIpc) is 2.39.